The molecule has 184 valence electrons. The molecule has 0 spiro atoms. The van der Waals surface area contributed by atoms with E-state index in [-0.39, 0.29) is 17.7 Å². The normalized spacial score (nSPS) is 17.2. The van der Waals surface area contributed by atoms with Crippen molar-refractivity contribution in [2.75, 3.05) is 31.6 Å². The van der Waals surface area contributed by atoms with Gasteiger partial charge >= 0.3 is 5.97 Å². The van der Waals surface area contributed by atoms with Gasteiger partial charge in [-0.3, -0.25) is 5.01 Å². The predicted molar refractivity (Wildman–Crippen MR) is 128 cm³/mol. The SMILES string of the molecule is CC.CN1N=CCC1c1ccccc1.O=CC1CCN(c2ncc(F)c(OCC(=O)O)n2)CC1. The van der Waals surface area contributed by atoms with Gasteiger partial charge in [-0.05, 0) is 18.4 Å². The van der Waals surface area contributed by atoms with Crippen molar-refractivity contribution in [2.45, 2.75) is 39.2 Å². The van der Waals surface area contributed by atoms with E-state index in [1.807, 2.05) is 43.1 Å². The fourth-order valence-corrected chi connectivity index (χ4v) is 3.50. The Bertz CT molecular complexity index is 936. The summed E-state index contributed by atoms with van der Waals surface area (Å²) in [5.74, 6) is -2.09. The van der Waals surface area contributed by atoms with Crippen molar-refractivity contribution in [1.29, 1.82) is 0 Å². The van der Waals surface area contributed by atoms with Crippen molar-refractivity contribution in [3.05, 3.63) is 47.9 Å². The molecule has 2 aromatic rings. The number of nitrogens with zero attached hydrogens (tertiary/aromatic N) is 5. The van der Waals surface area contributed by atoms with Gasteiger partial charge in [0.25, 0.3) is 5.88 Å². The van der Waals surface area contributed by atoms with Crippen LogP contribution in [0.5, 0.6) is 5.88 Å². The van der Waals surface area contributed by atoms with Crippen LogP contribution in [-0.4, -0.2) is 65.3 Å². The molecule has 0 aliphatic carbocycles. The van der Waals surface area contributed by atoms with Gasteiger partial charge in [0.05, 0.1) is 12.2 Å². The number of aliphatic carboxylic acids is 1. The lowest BCUT2D eigenvalue weighted by atomic mass is 9.99. The predicted octanol–water partition coefficient (Wildman–Crippen LogP) is 3.57. The number of anilines is 1. The van der Waals surface area contributed by atoms with Gasteiger partial charge in [0, 0.05) is 38.7 Å². The maximum Gasteiger partial charge on any atom is 0.341 e. The van der Waals surface area contributed by atoms with Gasteiger partial charge in [-0.1, -0.05) is 44.2 Å². The van der Waals surface area contributed by atoms with E-state index in [1.165, 1.54) is 5.56 Å². The zero-order valence-corrected chi connectivity index (χ0v) is 19.8. The topological polar surface area (TPSA) is 108 Å². The Morgan fingerprint density at radius 1 is 1.24 bits per heavy atom. The number of hydrogen-bond acceptors (Lipinski definition) is 8. The molecular weight excluding hydrogens is 441 g/mol. The molecule has 34 heavy (non-hydrogen) atoms. The van der Waals surface area contributed by atoms with E-state index in [4.69, 9.17) is 9.84 Å². The Morgan fingerprint density at radius 3 is 2.47 bits per heavy atom. The number of carbonyl (C=O) groups is 2. The van der Waals surface area contributed by atoms with E-state index in [0.717, 1.165) is 18.9 Å². The van der Waals surface area contributed by atoms with Crippen LogP contribution in [0.4, 0.5) is 10.3 Å². The van der Waals surface area contributed by atoms with Gasteiger partial charge in [0.2, 0.25) is 11.8 Å². The number of carboxylic acid groups (broad SMARTS) is 1. The molecule has 0 radical (unpaired) electrons. The Morgan fingerprint density at radius 2 is 1.91 bits per heavy atom. The average molecular weight is 474 g/mol. The lowest BCUT2D eigenvalue weighted by molar-refractivity contribution is -0.139. The number of hydrogen-bond donors (Lipinski definition) is 1. The second-order valence-electron chi connectivity index (χ2n) is 7.50. The molecule has 1 aromatic carbocycles. The quantitative estimate of drug-likeness (QED) is 0.635. The average Bonchev–Trinajstić information content (AvgIpc) is 3.31. The Labute approximate surface area is 199 Å². The van der Waals surface area contributed by atoms with Crippen molar-refractivity contribution in [3.63, 3.8) is 0 Å². The highest BCUT2D eigenvalue weighted by Gasteiger charge is 2.22. The summed E-state index contributed by atoms with van der Waals surface area (Å²) in [4.78, 5) is 30.6. The third-order valence-corrected chi connectivity index (χ3v) is 5.27. The highest BCUT2D eigenvalue weighted by atomic mass is 19.1. The summed E-state index contributed by atoms with van der Waals surface area (Å²) in [5.41, 5.74) is 1.34. The van der Waals surface area contributed by atoms with Crippen LogP contribution in [0.1, 0.15) is 44.7 Å². The minimum Gasteiger partial charge on any atom is -0.479 e. The zero-order valence-electron chi connectivity index (χ0n) is 19.8. The molecule has 1 aromatic heterocycles. The molecule has 10 heteroatoms. The van der Waals surface area contributed by atoms with E-state index < -0.39 is 18.4 Å². The van der Waals surface area contributed by atoms with E-state index in [2.05, 4.69) is 39.3 Å². The van der Waals surface area contributed by atoms with Crippen LogP contribution in [0, 0.1) is 11.7 Å². The molecule has 4 rings (SSSR count). The van der Waals surface area contributed by atoms with Gasteiger partial charge in [-0.25, -0.2) is 9.78 Å². The zero-order chi connectivity index (χ0) is 24.9. The number of ether oxygens (including phenoxy) is 1. The molecule has 0 amide bonds. The van der Waals surface area contributed by atoms with Crippen LogP contribution in [0.25, 0.3) is 0 Å². The minimum atomic E-state index is -1.21. The molecule has 3 heterocycles. The monoisotopic (exact) mass is 473 g/mol. The molecule has 1 saturated heterocycles. The summed E-state index contributed by atoms with van der Waals surface area (Å²) in [5, 5.41) is 14.7. The van der Waals surface area contributed by atoms with Crippen LogP contribution in [0.15, 0.2) is 41.6 Å². The van der Waals surface area contributed by atoms with Crippen molar-refractivity contribution in [2.24, 2.45) is 11.0 Å². The summed E-state index contributed by atoms with van der Waals surface area (Å²) in [7, 11) is 2.02. The van der Waals surface area contributed by atoms with Gasteiger partial charge < -0.3 is 19.5 Å². The Kier molecular flexibility index (Phi) is 10.9. The largest absolute Gasteiger partial charge is 0.479 e. The van der Waals surface area contributed by atoms with Crippen LogP contribution >= 0.6 is 0 Å². The van der Waals surface area contributed by atoms with E-state index >= 15 is 0 Å². The molecule has 1 atom stereocenters. The van der Waals surface area contributed by atoms with Crippen molar-refractivity contribution in [3.8, 4) is 5.88 Å². The van der Waals surface area contributed by atoms with Gasteiger partial charge in [0.1, 0.15) is 6.29 Å². The number of carboxylic acids is 1. The number of carbonyl (C=O) groups excluding carboxylic acids is 1. The summed E-state index contributed by atoms with van der Waals surface area (Å²) in [6, 6.07) is 10.9. The standard InChI is InChI=1S/C12H14FN3O4.C10H12N2.C2H6/c13-9-5-14-12(15-11(9)20-7-10(18)19)16-3-1-8(6-17)2-4-16;1-12-10(7-8-11-12)9-5-3-2-4-6-9;1-2/h5-6,8H,1-4,7H2,(H,18,19);2-6,8,10H,7H2,1H3;1-2H3. The number of rotatable bonds is 6. The highest BCUT2D eigenvalue weighted by molar-refractivity contribution is 5.68. The third kappa shape index (κ3) is 7.79. The van der Waals surface area contributed by atoms with E-state index in [0.29, 0.717) is 32.0 Å². The molecule has 2 aliphatic rings. The molecule has 1 unspecified atom stereocenters. The lowest BCUT2D eigenvalue weighted by Crippen LogP contribution is -2.35. The van der Waals surface area contributed by atoms with Crippen LogP contribution in [0.3, 0.4) is 0 Å². The fourth-order valence-electron chi connectivity index (χ4n) is 3.50. The second-order valence-corrected chi connectivity index (χ2v) is 7.50. The highest BCUT2D eigenvalue weighted by Crippen LogP contribution is 2.25. The van der Waals surface area contributed by atoms with Crippen molar-refractivity contribution in [1.82, 2.24) is 15.0 Å². The van der Waals surface area contributed by atoms with E-state index in [1.54, 1.807) is 0 Å². The maximum absolute atomic E-state index is 13.4. The van der Waals surface area contributed by atoms with Gasteiger partial charge in [0.15, 0.2) is 6.61 Å². The molecule has 1 fully saturated rings. The number of hydrazone groups is 1. The molecule has 2 aliphatic heterocycles. The summed E-state index contributed by atoms with van der Waals surface area (Å²) in [6.07, 6.45) is 6.26. The summed E-state index contributed by atoms with van der Waals surface area (Å²) in [6.45, 7) is 4.52. The number of halogens is 1. The fraction of sp³-hybridized carbons (Fsp3) is 0.458. The number of aromatic nitrogens is 2. The molecule has 1 N–H and O–H groups in total. The van der Waals surface area contributed by atoms with Crippen molar-refractivity contribution >= 4 is 24.4 Å². The third-order valence-electron chi connectivity index (χ3n) is 5.27. The molecular formula is C24H32FN5O4. The van der Waals surface area contributed by atoms with Crippen molar-refractivity contribution < 1.29 is 23.8 Å². The van der Waals surface area contributed by atoms with Crippen LogP contribution in [-0.2, 0) is 9.59 Å². The van der Waals surface area contributed by atoms with Gasteiger partial charge in [-0.2, -0.15) is 14.5 Å². The molecule has 0 saturated carbocycles. The first-order valence-electron chi connectivity index (χ1n) is 11.4. The molecule has 0 bridgehead atoms. The van der Waals surface area contributed by atoms with Crippen LogP contribution in [0.2, 0.25) is 0 Å². The Hall–Kier alpha value is -3.56. The minimum absolute atomic E-state index is 0.0365. The molecule has 9 nitrogen and oxygen atoms in total. The number of piperidine rings is 1. The second kappa shape index (κ2) is 13.9. The first-order valence-corrected chi connectivity index (χ1v) is 11.4. The Balaban J connectivity index is 0.000000248. The first-order chi connectivity index (χ1) is 16.5. The van der Waals surface area contributed by atoms with Gasteiger partial charge in [-0.15, -0.1) is 0 Å². The van der Waals surface area contributed by atoms with E-state index in [9.17, 15) is 14.0 Å². The number of aldehydes is 1. The first kappa shape index (κ1) is 26.7. The smallest absolute Gasteiger partial charge is 0.341 e. The lowest BCUT2D eigenvalue weighted by Gasteiger charge is -2.29. The maximum atomic E-state index is 13.4. The van der Waals surface area contributed by atoms with Crippen LogP contribution < -0.4 is 9.64 Å². The summed E-state index contributed by atoms with van der Waals surface area (Å²) >= 11 is 0. The summed E-state index contributed by atoms with van der Waals surface area (Å²) < 4.78 is 18.2. The number of benzene rings is 1.